The molecule has 2 rings (SSSR count). The molecular weight excluding hydrogens is 248 g/mol. The molecule has 0 amide bonds. The van der Waals surface area contributed by atoms with E-state index in [1.807, 2.05) is 19.1 Å². The highest BCUT2D eigenvalue weighted by molar-refractivity contribution is 5.87. The zero-order valence-corrected chi connectivity index (χ0v) is 12.1. The molecule has 2 nitrogen and oxygen atoms in total. The van der Waals surface area contributed by atoms with E-state index in [4.69, 9.17) is 4.74 Å². The van der Waals surface area contributed by atoms with Gasteiger partial charge in [-0.25, -0.2) is 4.79 Å². The van der Waals surface area contributed by atoms with Crippen LogP contribution >= 0.6 is 0 Å². The Morgan fingerprint density at radius 2 is 1.90 bits per heavy atom. The quantitative estimate of drug-likeness (QED) is 0.597. The SMILES string of the molecule is CCOC(=O)C(C)=CCCc1ccc2ccccc2c1. The maximum Gasteiger partial charge on any atom is 0.333 e. The molecule has 0 saturated heterocycles. The Bertz CT molecular complexity index is 626. The normalized spacial score (nSPS) is 11.6. The van der Waals surface area contributed by atoms with E-state index >= 15 is 0 Å². The predicted octanol–water partition coefficient (Wildman–Crippen LogP) is 4.28. The maximum absolute atomic E-state index is 11.5. The first-order chi connectivity index (χ1) is 9.70. The summed E-state index contributed by atoms with van der Waals surface area (Å²) in [6.07, 6.45) is 3.73. The first-order valence-electron chi connectivity index (χ1n) is 7.02. The largest absolute Gasteiger partial charge is 0.463 e. The Hall–Kier alpha value is -2.09. The molecular formula is C18H20O2. The number of carbonyl (C=O) groups excluding carboxylic acids is 1. The van der Waals surface area contributed by atoms with Crippen LogP contribution in [0.3, 0.4) is 0 Å². The molecule has 2 aromatic carbocycles. The number of esters is 1. The van der Waals surface area contributed by atoms with Crippen molar-refractivity contribution in [3.63, 3.8) is 0 Å². The van der Waals surface area contributed by atoms with Crippen molar-refractivity contribution in [3.05, 3.63) is 59.7 Å². The van der Waals surface area contributed by atoms with E-state index in [-0.39, 0.29) is 5.97 Å². The van der Waals surface area contributed by atoms with Crippen molar-refractivity contribution in [1.82, 2.24) is 0 Å². The molecule has 0 atom stereocenters. The average molecular weight is 268 g/mol. The molecule has 0 spiro atoms. The second-order valence-corrected chi connectivity index (χ2v) is 4.83. The highest BCUT2D eigenvalue weighted by atomic mass is 16.5. The van der Waals surface area contributed by atoms with Crippen LogP contribution in [-0.2, 0) is 16.0 Å². The molecule has 0 N–H and O–H groups in total. The van der Waals surface area contributed by atoms with E-state index in [9.17, 15) is 4.79 Å². The fraction of sp³-hybridized carbons (Fsp3) is 0.278. The number of fused-ring (bicyclic) bond motifs is 1. The van der Waals surface area contributed by atoms with E-state index in [2.05, 4.69) is 36.4 Å². The van der Waals surface area contributed by atoms with Crippen LogP contribution in [0, 0.1) is 0 Å². The highest BCUT2D eigenvalue weighted by Gasteiger charge is 2.03. The van der Waals surface area contributed by atoms with Gasteiger partial charge in [0, 0.05) is 5.57 Å². The van der Waals surface area contributed by atoms with Crippen LogP contribution in [0.5, 0.6) is 0 Å². The molecule has 0 fully saturated rings. The minimum atomic E-state index is -0.217. The Balaban J connectivity index is 1.99. The number of aryl methyl sites for hydroxylation is 1. The van der Waals surface area contributed by atoms with E-state index in [0.717, 1.165) is 12.8 Å². The minimum Gasteiger partial charge on any atom is -0.463 e. The zero-order chi connectivity index (χ0) is 14.4. The molecule has 2 heteroatoms. The molecule has 0 saturated carbocycles. The molecule has 0 radical (unpaired) electrons. The van der Waals surface area contributed by atoms with E-state index in [1.165, 1.54) is 16.3 Å². The van der Waals surface area contributed by atoms with Crippen molar-refractivity contribution in [2.24, 2.45) is 0 Å². The minimum absolute atomic E-state index is 0.217. The lowest BCUT2D eigenvalue weighted by atomic mass is 10.0. The van der Waals surface area contributed by atoms with E-state index < -0.39 is 0 Å². The van der Waals surface area contributed by atoms with Crippen molar-refractivity contribution in [3.8, 4) is 0 Å². The van der Waals surface area contributed by atoms with Gasteiger partial charge in [-0.3, -0.25) is 0 Å². The predicted molar refractivity (Wildman–Crippen MR) is 82.7 cm³/mol. The molecule has 0 bridgehead atoms. The molecule has 0 aliphatic heterocycles. The molecule has 0 aromatic heterocycles. The summed E-state index contributed by atoms with van der Waals surface area (Å²) < 4.78 is 4.96. The fourth-order valence-corrected chi connectivity index (χ4v) is 2.18. The molecule has 0 aliphatic rings. The summed E-state index contributed by atoms with van der Waals surface area (Å²) in [4.78, 5) is 11.5. The van der Waals surface area contributed by atoms with E-state index in [1.54, 1.807) is 6.92 Å². The molecule has 0 unspecified atom stereocenters. The van der Waals surface area contributed by atoms with Crippen LogP contribution in [0.1, 0.15) is 25.8 Å². The third-order valence-electron chi connectivity index (χ3n) is 3.29. The summed E-state index contributed by atoms with van der Waals surface area (Å²) in [6.45, 7) is 4.05. The van der Waals surface area contributed by atoms with Crippen LogP contribution < -0.4 is 0 Å². The number of allylic oxidation sites excluding steroid dienone is 1. The summed E-state index contributed by atoms with van der Waals surface area (Å²) in [5.41, 5.74) is 1.98. The second kappa shape index (κ2) is 6.90. The molecule has 104 valence electrons. The van der Waals surface area contributed by atoms with Gasteiger partial charge in [0.1, 0.15) is 0 Å². The van der Waals surface area contributed by atoms with Crippen LogP contribution in [-0.4, -0.2) is 12.6 Å². The van der Waals surface area contributed by atoms with Gasteiger partial charge >= 0.3 is 5.97 Å². The molecule has 2 aromatic rings. The summed E-state index contributed by atoms with van der Waals surface area (Å²) >= 11 is 0. The van der Waals surface area contributed by atoms with Gasteiger partial charge in [-0.05, 0) is 43.0 Å². The standard InChI is InChI=1S/C18H20O2/c1-3-20-18(19)14(2)7-6-8-15-11-12-16-9-4-5-10-17(16)13-15/h4-5,7,9-13H,3,6,8H2,1-2H3. The van der Waals surface area contributed by atoms with Crippen molar-refractivity contribution < 1.29 is 9.53 Å². The van der Waals surface area contributed by atoms with Crippen molar-refractivity contribution >= 4 is 16.7 Å². The summed E-state index contributed by atoms with van der Waals surface area (Å²) in [5, 5.41) is 2.52. The summed E-state index contributed by atoms with van der Waals surface area (Å²) in [5.74, 6) is -0.217. The zero-order valence-electron chi connectivity index (χ0n) is 12.1. The van der Waals surface area contributed by atoms with Gasteiger partial charge in [-0.15, -0.1) is 0 Å². The smallest absolute Gasteiger partial charge is 0.333 e. The summed E-state index contributed by atoms with van der Waals surface area (Å²) in [6, 6.07) is 14.8. The second-order valence-electron chi connectivity index (χ2n) is 4.83. The van der Waals surface area contributed by atoms with Crippen molar-refractivity contribution in [2.45, 2.75) is 26.7 Å². The topological polar surface area (TPSA) is 26.3 Å². The van der Waals surface area contributed by atoms with Crippen LogP contribution in [0.2, 0.25) is 0 Å². The van der Waals surface area contributed by atoms with Gasteiger partial charge in [-0.1, -0.05) is 48.5 Å². The number of ether oxygens (including phenoxy) is 1. The first kappa shape index (κ1) is 14.3. The lowest BCUT2D eigenvalue weighted by Crippen LogP contribution is -2.05. The number of rotatable bonds is 5. The van der Waals surface area contributed by atoms with E-state index in [0.29, 0.717) is 12.2 Å². The lowest BCUT2D eigenvalue weighted by Gasteiger charge is -2.03. The van der Waals surface area contributed by atoms with Crippen molar-refractivity contribution in [1.29, 1.82) is 0 Å². The highest BCUT2D eigenvalue weighted by Crippen LogP contribution is 2.17. The number of hydrogen-bond acceptors (Lipinski definition) is 2. The van der Waals surface area contributed by atoms with Crippen LogP contribution in [0.15, 0.2) is 54.1 Å². The number of carbonyl (C=O) groups is 1. The van der Waals surface area contributed by atoms with Crippen LogP contribution in [0.25, 0.3) is 10.8 Å². The van der Waals surface area contributed by atoms with Gasteiger partial charge in [0.25, 0.3) is 0 Å². The van der Waals surface area contributed by atoms with Crippen LogP contribution in [0.4, 0.5) is 0 Å². The average Bonchev–Trinajstić information content (AvgIpc) is 2.47. The summed E-state index contributed by atoms with van der Waals surface area (Å²) in [7, 11) is 0. The fourth-order valence-electron chi connectivity index (χ4n) is 2.18. The Labute approximate surface area is 120 Å². The number of hydrogen-bond donors (Lipinski definition) is 0. The third-order valence-corrected chi connectivity index (χ3v) is 3.29. The Morgan fingerprint density at radius 1 is 1.15 bits per heavy atom. The first-order valence-corrected chi connectivity index (χ1v) is 7.02. The molecule has 0 heterocycles. The number of benzene rings is 2. The van der Waals surface area contributed by atoms with Gasteiger partial charge in [-0.2, -0.15) is 0 Å². The lowest BCUT2D eigenvalue weighted by molar-refractivity contribution is -0.138. The van der Waals surface area contributed by atoms with Gasteiger partial charge in [0.05, 0.1) is 6.61 Å². The Morgan fingerprint density at radius 3 is 2.65 bits per heavy atom. The molecule has 0 aliphatic carbocycles. The van der Waals surface area contributed by atoms with Gasteiger partial charge in [0.2, 0.25) is 0 Å². The third kappa shape index (κ3) is 3.70. The monoisotopic (exact) mass is 268 g/mol. The van der Waals surface area contributed by atoms with Crippen molar-refractivity contribution in [2.75, 3.05) is 6.61 Å². The maximum atomic E-state index is 11.5. The Kier molecular flexibility index (Phi) is 4.94. The van der Waals surface area contributed by atoms with Gasteiger partial charge in [0.15, 0.2) is 0 Å². The van der Waals surface area contributed by atoms with Gasteiger partial charge < -0.3 is 4.74 Å². The molecule has 20 heavy (non-hydrogen) atoms.